The Bertz CT molecular complexity index is 435. The molecule has 0 unspecified atom stereocenters. The fourth-order valence-corrected chi connectivity index (χ4v) is 2.09. The normalized spacial score (nSPS) is 14.9. The first-order chi connectivity index (χ1) is 8.38. The zero-order chi connectivity index (χ0) is 13.9. The zero-order valence-electron chi connectivity index (χ0n) is 10.8. The lowest BCUT2D eigenvalue weighted by molar-refractivity contribution is -0.143. The van der Waals surface area contributed by atoms with Crippen LogP contribution in [-0.4, -0.2) is 21.7 Å². The summed E-state index contributed by atoms with van der Waals surface area (Å²) >= 11 is 0. The van der Waals surface area contributed by atoms with Gasteiger partial charge < -0.3 is 0 Å². The van der Waals surface area contributed by atoms with Crippen molar-refractivity contribution >= 4 is 5.78 Å². The third kappa shape index (κ3) is 3.11. The number of hydrogen-bond donors (Lipinski definition) is 0. The Morgan fingerprint density at radius 3 is 2.44 bits per heavy atom. The molecule has 0 amide bonds. The first-order valence-corrected chi connectivity index (χ1v) is 6.05. The van der Waals surface area contributed by atoms with E-state index in [1.165, 1.54) is 0 Å². The van der Waals surface area contributed by atoms with Crippen molar-refractivity contribution in [3.8, 4) is 0 Å². The summed E-state index contributed by atoms with van der Waals surface area (Å²) in [5, 5.41) is 3.80. The zero-order valence-corrected chi connectivity index (χ0v) is 10.8. The number of alkyl halides is 3. The predicted molar refractivity (Wildman–Crippen MR) is 61.6 cm³/mol. The Kier molecular flexibility index (Phi) is 4.53. The monoisotopic (exact) mass is 262 g/mol. The number of halogens is 3. The summed E-state index contributed by atoms with van der Waals surface area (Å²) in [7, 11) is 0. The van der Waals surface area contributed by atoms with Crippen LogP contribution in [0.5, 0.6) is 0 Å². The molecule has 0 atom stereocenters. The van der Waals surface area contributed by atoms with Crippen LogP contribution in [0.3, 0.4) is 0 Å². The number of aromatic nitrogens is 2. The largest absolute Gasteiger partial charge is 0.408 e. The van der Waals surface area contributed by atoms with E-state index in [0.717, 1.165) is 4.68 Å². The fraction of sp³-hybridized carbons (Fsp3) is 0.667. The molecule has 2 rings (SSSR count). The molecule has 1 aromatic heterocycles. The molecule has 0 saturated heterocycles. The van der Waals surface area contributed by atoms with Crippen molar-refractivity contribution in [3.05, 3.63) is 17.0 Å². The van der Waals surface area contributed by atoms with E-state index in [9.17, 15) is 18.0 Å². The number of carbonyl (C=O) groups excluding carboxylic acids is 1. The summed E-state index contributed by atoms with van der Waals surface area (Å²) in [5.41, 5.74) is 1.24. The molecule has 0 spiro atoms. The van der Waals surface area contributed by atoms with Crippen LogP contribution in [0.4, 0.5) is 13.2 Å². The number of fused-ring (bicyclic) bond motifs is 1. The van der Waals surface area contributed by atoms with Crippen molar-refractivity contribution in [2.75, 3.05) is 0 Å². The van der Waals surface area contributed by atoms with Crippen LogP contribution in [0.15, 0.2) is 0 Å². The second-order valence-electron chi connectivity index (χ2n) is 3.96. The number of nitrogens with zero attached hydrogens (tertiary/aromatic N) is 2. The maximum atomic E-state index is 12.3. The number of carbonyl (C=O) groups is 1. The molecule has 18 heavy (non-hydrogen) atoms. The smallest absolute Gasteiger partial charge is 0.294 e. The average Bonchev–Trinajstić information content (AvgIpc) is 2.57. The van der Waals surface area contributed by atoms with E-state index in [1.54, 1.807) is 6.92 Å². The van der Waals surface area contributed by atoms with Gasteiger partial charge in [-0.15, -0.1) is 0 Å². The first kappa shape index (κ1) is 14.7. The maximum Gasteiger partial charge on any atom is 0.408 e. The van der Waals surface area contributed by atoms with E-state index in [1.807, 2.05) is 13.8 Å². The molecular formula is C12H17F3N2O. The average molecular weight is 262 g/mol. The van der Waals surface area contributed by atoms with Gasteiger partial charge in [-0.2, -0.15) is 18.3 Å². The lowest BCUT2D eigenvalue weighted by Crippen LogP contribution is -2.22. The summed E-state index contributed by atoms with van der Waals surface area (Å²) in [4.78, 5) is 11.6. The summed E-state index contributed by atoms with van der Waals surface area (Å²) < 4.78 is 37.7. The third-order valence-corrected chi connectivity index (χ3v) is 2.66. The van der Waals surface area contributed by atoms with Gasteiger partial charge in [0.1, 0.15) is 6.54 Å². The van der Waals surface area contributed by atoms with Crippen LogP contribution in [-0.2, 0) is 13.0 Å². The molecule has 0 N–H and O–H groups in total. The molecule has 0 saturated carbocycles. The molecule has 6 heteroatoms. The number of rotatable bonds is 1. The maximum absolute atomic E-state index is 12.3. The number of Topliss-reactive ketones (excluding diaryl/α,β-unsaturated/α-hetero) is 1. The van der Waals surface area contributed by atoms with Gasteiger partial charge in [0.05, 0.1) is 11.3 Å². The van der Waals surface area contributed by atoms with Crippen molar-refractivity contribution < 1.29 is 18.0 Å². The van der Waals surface area contributed by atoms with E-state index >= 15 is 0 Å². The minimum absolute atomic E-state index is 0.0906. The highest BCUT2D eigenvalue weighted by molar-refractivity contribution is 5.99. The molecule has 1 aromatic rings. The van der Waals surface area contributed by atoms with Gasteiger partial charge in [-0.1, -0.05) is 13.8 Å². The lowest BCUT2D eigenvalue weighted by atomic mass is 9.95. The highest BCUT2D eigenvalue weighted by Crippen LogP contribution is 2.26. The SMILES string of the molecule is CC.Cc1nn(CC(F)(F)F)c2c1C(=O)CCC2. The van der Waals surface area contributed by atoms with Crippen molar-refractivity contribution in [3.63, 3.8) is 0 Å². The van der Waals surface area contributed by atoms with Crippen LogP contribution in [0.1, 0.15) is 48.4 Å². The minimum atomic E-state index is -4.30. The Labute approximate surface area is 104 Å². The van der Waals surface area contributed by atoms with Crippen molar-refractivity contribution in [1.82, 2.24) is 9.78 Å². The number of hydrogen-bond acceptors (Lipinski definition) is 2. The standard InChI is InChI=1S/C10H11F3N2O.C2H6/c1-6-9-7(3-2-4-8(9)16)15(14-6)5-10(11,12)13;1-2/h2-5H2,1H3;1-2H3. The molecule has 0 aromatic carbocycles. The van der Waals surface area contributed by atoms with Gasteiger partial charge in [0.25, 0.3) is 0 Å². The summed E-state index contributed by atoms with van der Waals surface area (Å²) in [5.74, 6) is -0.0906. The van der Waals surface area contributed by atoms with Gasteiger partial charge in [0.2, 0.25) is 0 Å². The lowest BCUT2D eigenvalue weighted by Gasteiger charge is -2.14. The molecule has 0 fully saturated rings. The third-order valence-electron chi connectivity index (χ3n) is 2.66. The molecule has 0 radical (unpaired) electrons. The Balaban J connectivity index is 0.000000771. The van der Waals surface area contributed by atoms with Crippen LogP contribution >= 0.6 is 0 Å². The summed E-state index contributed by atoms with van der Waals surface area (Å²) in [6, 6.07) is 0. The van der Waals surface area contributed by atoms with Gasteiger partial charge in [-0.3, -0.25) is 9.48 Å². The van der Waals surface area contributed by atoms with Crippen molar-refractivity contribution in [1.29, 1.82) is 0 Å². The van der Waals surface area contributed by atoms with E-state index in [4.69, 9.17) is 0 Å². The second kappa shape index (κ2) is 5.54. The van der Waals surface area contributed by atoms with E-state index in [0.29, 0.717) is 36.2 Å². The Hall–Kier alpha value is -1.33. The molecule has 1 aliphatic carbocycles. The Morgan fingerprint density at radius 1 is 1.28 bits per heavy atom. The van der Waals surface area contributed by atoms with Gasteiger partial charge >= 0.3 is 6.18 Å². The van der Waals surface area contributed by atoms with Crippen molar-refractivity contribution in [2.45, 2.75) is 52.8 Å². The van der Waals surface area contributed by atoms with E-state index in [-0.39, 0.29) is 5.78 Å². The molecule has 3 nitrogen and oxygen atoms in total. The topological polar surface area (TPSA) is 34.9 Å². The molecule has 0 bridgehead atoms. The molecule has 0 aliphatic heterocycles. The molecule has 1 heterocycles. The second-order valence-corrected chi connectivity index (χ2v) is 3.96. The van der Waals surface area contributed by atoms with Crippen LogP contribution in [0, 0.1) is 6.92 Å². The molecule has 1 aliphatic rings. The van der Waals surface area contributed by atoms with E-state index < -0.39 is 12.7 Å². The molecular weight excluding hydrogens is 245 g/mol. The highest BCUT2D eigenvalue weighted by Gasteiger charge is 2.32. The first-order valence-electron chi connectivity index (χ1n) is 6.05. The van der Waals surface area contributed by atoms with Gasteiger partial charge in [0.15, 0.2) is 5.78 Å². The van der Waals surface area contributed by atoms with Crippen molar-refractivity contribution in [2.24, 2.45) is 0 Å². The fourth-order valence-electron chi connectivity index (χ4n) is 2.09. The predicted octanol–water partition coefficient (Wildman–Crippen LogP) is 3.30. The van der Waals surface area contributed by atoms with Crippen LogP contribution in [0.2, 0.25) is 0 Å². The summed E-state index contributed by atoms with van der Waals surface area (Å²) in [6.45, 7) is 4.46. The molecule has 102 valence electrons. The van der Waals surface area contributed by atoms with Gasteiger partial charge in [-0.25, -0.2) is 0 Å². The van der Waals surface area contributed by atoms with Gasteiger partial charge in [-0.05, 0) is 19.8 Å². The quantitative estimate of drug-likeness (QED) is 0.778. The Morgan fingerprint density at radius 2 is 1.89 bits per heavy atom. The summed E-state index contributed by atoms with van der Waals surface area (Å²) in [6.07, 6.45) is -2.79. The highest BCUT2D eigenvalue weighted by atomic mass is 19.4. The van der Waals surface area contributed by atoms with Crippen LogP contribution < -0.4 is 0 Å². The van der Waals surface area contributed by atoms with E-state index in [2.05, 4.69) is 5.10 Å². The van der Waals surface area contributed by atoms with Crippen LogP contribution in [0.25, 0.3) is 0 Å². The number of ketones is 1. The number of aryl methyl sites for hydroxylation is 1. The van der Waals surface area contributed by atoms with Gasteiger partial charge in [0, 0.05) is 12.1 Å². The minimum Gasteiger partial charge on any atom is -0.294 e.